The molecule has 1 aromatic carbocycles. The van der Waals surface area contributed by atoms with E-state index in [0.29, 0.717) is 21.6 Å². The number of carbonyl (C=O) groups is 2. The highest BCUT2D eigenvalue weighted by molar-refractivity contribution is 7.15. The second-order valence-corrected chi connectivity index (χ2v) is 7.83. The number of nitrogens with one attached hydrogen (secondary N) is 2. The van der Waals surface area contributed by atoms with E-state index in [1.807, 2.05) is 26.0 Å². The fraction of sp³-hybridized carbons (Fsp3) is 0.353. The zero-order chi connectivity index (χ0) is 18.6. The third-order valence-electron chi connectivity index (χ3n) is 3.49. The van der Waals surface area contributed by atoms with Gasteiger partial charge in [0.15, 0.2) is 5.13 Å². The molecule has 0 spiro atoms. The van der Waals surface area contributed by atoms with Crippen LogP contribution in [0.5, 0.6) is 0 Å². The first kappa shape index (κ1) is 19.7. The topological polar surface area (TPSA) is 71.1 Å². The van der Waals surface area contributed by atoms with E-state index in [0.717, 1.165) is 10.4 Å². The Labute approximate surface area is 160 Å². The van der Waals surface area contributed by atoms with Crippen molar-refractivity contribution in [2.45, 2.75) is 33.2 Å². The van der Waals surface area contributed by atoms with Gasteiger partial charge in [-0.1, -0.05) is 49.2 Å². The number of amides is 2. The molecule has 0 unspecified atom stereocenters. The Bertz CT molecular complexity index is 777. The van der Waals surface area contributed by atoms with Crippen LogP contribution in [0.4, 0.5) is 5.13 Å². The molecule has 2 N–H and O–H groups in total. The van der Waals surface area contributed by atoms with Crippen molar-refractivity contribution in [1.29, 1.82) is 0 Å². The molecule has 0 radical (unpaired) electrons. The molecule has 0 fully saturated rings. The van der Waals surface area contributed by atoms with Crippen molar-refractivity contribution in [1.82, 2.24) is 10.3 Å². The Morgan fingerprint density at radius 2 is 2.00 bits per heavy atom. The molecule has 2 aromatic rings. The van der Waals surface area contributed by atoms with E-state index in [1.165, 1.54) is 18.3 Å². The highest BCUT2D eigenvalue weighted by atomic mass is 35.5. The second-order valence-electron chi connectivity index (χ2n) is 5.93. The van der Waals surface area contributed by atoms with E-state index in [9.17, 15) is 9.59 Å². The van der Waals surface area contributed by atoms with Gasteiger partial charge in [0.05, 0.1) is 10.0 Å². The summed E-state index contributed by atoms with van der Waals surface area (Å²) in [4.78, 5) is 28.8. The van der Waals surface area contributed by atoms with Gasteiger partial charge >= 0.3 is 0 Å². The summed E-state index contributed by atoms with van der Waals surface area (Å²) >= 11 is 13.6. The van der Waals surface area contributed by atoms with Crippen LogP contribution in [0.1, 0.15) is 31.2 Å². The molecule has 8 heteroatoms. The molecule has 2 amide bonds. The molecule has 0 aliphatic rings. The van der Waals surface area contributed by atoms with Gasteiger partial charge < -0.3 is 10.6 Å². The quantitative estimate of drug-likeness (QED) is 0.766. The van der Waals surface area contributed by atoms with Gasteiger partial charge in [0, 0.05) is 24.4 Å². The summed E-state index contributed by atoms with van der Waals surface area (Å²) in [6.45, 7) is 5.13. The highest BCUT2D eigenvalue weighted by Gasteiger charge is 2.23. The van der Waals surface area contributed by atoms with Crippen LogP contribution in [0, 0.1) is 5.92 Å². The fourth-order valence-electron chi connectivity index (χ4n) is 2.26. The fourth-order valence-corrected chi connectivity index (χ4v) is 3.48. The molecular formula is C17H19Cl2N3O2S. The number of carbonyl (C=O) groups excluding carboxylic acids is 2. The van der Waals surface area contributed by atoms with Gasteiger partial charge in [0.2, 0.25) is 11.8 Å². The Morgan fingerprint density at radius 1 is 1.28 bits per heavy atom. The monoisotopic (exact) mass is 399 g/mol. The molecule has 0 saturated heterocycles. The average molecular weight is 400 g/mol. The summed E-state index contributed by atoms with van der Waals surface area (Å²) < 4.78 is 0. The lowest BCUT2D eigenvalue weighted by atomic mass is 10.0. The smallest absolute Gasteiger partial charge is 0.248 e. The lowest BCUT2D eigenvalue weighted by Crippen LogP contribution is -2.46. The minimum Gasteiger partial charge on any atom is -0.344 e. The predicted molar refractivity (Wildman–Crippen MR) is 102 cm³/mol. The van der Waals surface area contributed by atoms with Crippen LogP contribution in [-0.2, 0) is 16.0 Å². The molecule has 2 rings (SSSR count). The molecule has 0 bridgehead atoms. The predicted octanol–water partition coefficient (Wildman–Crippen LogP) is 4.14. The number of rotatable bonds is 6. The largest absolute Gasteiger partial charge is 0.344 e. The lowest BCUT2D eigenvalue weighted by Gasteiger charge is -2.20. The zero-order valence-electron chi connectivity index (χ0n) is 14.1. The minimum absolute atomic E-state index is 0.0337. The number of hydrogen-bond acceptors (Lipinski definition) is 4. The summed E-state index contributed by atoms with van der Waals surface area (Å²) in [7, 11) is 0. The van der Waals surface area contributed by atoms with E-state index < -0.39 is 6.04 Å². The maximum Gasteiger partial charge on any atom is 0.248 e. The zero-order valence-corrected chi connectivity index (χ0v) is 16.4. The first-order chi connectivity index (χ1) is 11.8. The second kappa shape index (κ2) is 8.65. The van der Waals surface area contributed by atoms with Crippen LogP contribution in [-0.4, -0.2) is 22.8 Å². The number of aromatic nitrogens is 1. The third-order valence-corrected chi connectivity index (χ3v) is 5.26. The Kier molecular flexibility index (Phi) is 6.81. The summed E-state index contributed by atoms with van der Waals surface area (Å²) in [5.41, 5.74) is 0.897. The summed E-state index contributed by atoms with van der Waals surface area (Å²) in [6.07, 6.45) is 2.27. The third kappa shape index (κ3) is 5.42. The van der Waals surface area contributed by atoms with E-state index in [4.69, 9.17) is 23.2 Å². The van der Waals surface area contributed by atoms with E-state index in [2.05, 4.69) is 15.6 Å². The molecule has 0 saturated carbocycles. The number of nitrogens with zero attached hydrogens (tertiary/aromatic N) is 1. The van der Waals surface area contributed by atoms with Gasteiger partial charge in [-0.05, 0) is 17.5 Å². The van der Waals surface area contributed by atoms with Crippen LogP contribution in [0.2, 0.25) is 10.0 Å². The summed E-state index contributed by atoms with van der Waals surface area (Å²) in [5.74, 6) is -0.565. The maximum absolute atomic E-state index is 12.4. The average Bonchev–Trinajstić information content (AvgIpc) is 2.96. The van der Waals surface area contributed by atoms with E-state index in [1.54, 1.807) is 12.3 Å². The molecule has 1 aromatic heterocycles. The van der Waals surface area contributed by atoms with Gasteiger partial charge in [-0.2, -0.15) is 0 Å². The molecule has 0 aliphatic carbocycles. The summed E-state index contributed by atoms with van der Waals surface area (Å²) in [5, 5.41) is 6.92. The van der Waals surface area contributed by atoms with Crippen molar-refractivity contribution >= 4 is 51.5 Å². The molecule has 5 nitrogen and oxygen atoms in total. The first-order valence-corrected chi connectivity index (χ1v) is 9.30. The van der Waals surface area contributed by atoms with E-state index in [-0.39, 0.29) is 17.7 Å². The number of halogens is 2. The van der Waals surface area contributed by atoms with E-state index >= 15 is 0 Å². The van der Waals surface area contributed by atoms with Gasteiger partial charge in [0.1, 0.15) is 6.04 Å². The molecule has 25 heavy (non-hydrogen) atoms. The van der Waals surface area contributed by atoms with Gasteiger partial charge in [0.25, 0.3) is 0 Å². The van der Waals surface area contributed by atoms with Crippen molar-refractivity contribution in [2.75, 3.05) is 5.32 Å². The maximum atomic E-state index is 12.4. The Hall–Kier alpha value is -1.63. The lowest BCUT2D eigenvalue weighted by molar-refractivity contribution is -0.126. The minimum atomic E-state index is -0.604. The van der Waals surface area contributed by atoms with Gasteiger partial charge in [-0.25, -0.2) is 4.98 Å². The standard InChI is InChI=1S/C17H19Cl2N3O2S/c1-9(2)15(21-10(3)23)16(24)22-17-20-8-12(25-17)7-11-5-4-6-13(18)14(11)19/h4-6,8-9,15H,7H2,1-3H3,(H,21,23)(H,20,22,24)/t15-/m0/s1. The molecule has 1 atom stereocenters. The molecule has 134 valence electrons. The van der Waals surface area contributed by atoms with Crippen LogP contribution >= 0.6 is 34.5 Å². The Morgan fingerprint density at radius 3 is 2.64 bits per heavy atom. The van der Waals surface area contributed by atoms with Crippen LogP contribution in [0.25, 0.3) is 0 Å². The molecule has 1 heterocycles. The van der Waals surface area contributed by atoms with Crippen LogP contribution < -0.4 is 10.6 Å². The molecular weight excluding hydrogens is 381 g/mol. The van der Waals surface area contributed by atoms with Crippen LogP contribution in [0.3, 0.4) is 0 Å². The van der Waals surface area contributed by atoms with Crippen LogP contribution in [0.15, 0.2) is 24.4 Å². The van der Waals surface area contributed by atoms with Crippen molar-refractivity contribution in [3.63, 3.8) is 0 Å². The van der Waals surface area contributed by atoms with Crippen molar-refractivity contribution in [3.8, 4) is 0 Å². The number of anilines is 1. The number of hydrogen-bond donors (Lipinski definition) is 2. The van der Waals surface area contributed by atoms with Crippen molar-refractivity contribution in [3.05, 3.63) is 44.9 Å². The van der Waals surface area contributed by atoms with Gasteiger partial charge in [-0.15, -0.1) is 11.3 Å². The van der Waals surface area contributed by atoms with Crippen molar-refractivity contribution < 1.29 is 9.59 Å². The first-order valence-electron chi connectivity index (χ1n) is 7.73. The molecule has 0 aliphatic heterocycles. The van der Waals surface area contributed by atoms with Crippen molar-refractivity contribution in [2.24, 2.45) is 5.92 Å². The SMILES string of the molecule is CC(=O)N[C@H](C(=O)Nc1ncc(Cc2cccc(Cl)c2Cl)s1)C(C)C. The highest BCUT2D eigenvalue weighted by Crippen LogP contribution is 2.29. The number of thiazole rings is 1. The van der Waals surface area contributed by atoms with Gasteiger partial charge in [-0.3, -0.25) is 9.59 Å². The number of benzene rings is 1. The summed E-state index contributed by atoms with van der Waals surface area (Å²) in [6, 6.07) is 4.87. The normalized spacial score (nSPS) is 12.1. The Balaban J connectivity index is 2.06.